The molecule has 0 radical (unpaired) electrons. The van der Waals surface area contributed by atoms with Crippen LogP contribution in [0.4, 0.5) is 16.2 Å². The van der Waals surface area contributed by atoms with E-state index in [1.165, 1.54) is 6.33 Å². The molecule has 2 aromatic carbocycles. The molecule has 8 nitrogen and oxygen atoms in total. The third-order valence-electron chi connectivity index (χ3n) is 4.16. The number of nitrogens with zero attached hydrogens (tertiary/aromatic N) is 4. The van der Waals surface area contributed by atoms with Gasteiger partial charge in [-0.25, -0.2) is 19.7 Å². The monoisotopic (exact) mass is 420 g/mol. The van der Waals surface area contributed by atoms with Crippen LogP contribution in [0.25, 0.3) is 5.82 Å². The van der Waals surface area contributed by atoms with E-state index < -0.39 is 6.03 Å². The number of carbonyl (C=O) groups excluding carboxylic acids is 1. The molecule has 0 fully saturated rings. The third-order valence-corrected chi connectivity index (χ3v) is 4.49. The van der Waals surface area contributed by atoms with Crippen molar-refractivity contribution in [3.8, 4) is 17.4 Å². The first-order chi connectivity index (χ1) is 14.6. The summed E-state index contributed by atoms with van der Waals surface area (Å²) in [4.78, 5) is 24.7. The second-order valence-corrected chi connectivity index (χ2v) is 6.65. The van der Waals surface area contributed by atoms with E-state index in [-0.39, 0.29) is 0 Å². The number of nitrogens with one attached hydrogen (secondary N) is 2. The first-order valence-electron chi connectivity index (χ1n) is 9.01. The van der Waals surface area contributed by atoms with Gasteiger partial charge in [-0.3, -0.25) is 4.57 Å². The number of aromatic nitrogens is 4. The Bertz CT molecular complexity index is 1180. The molecule has 0 spiro atoms. The molecular formula is C21H17ClN6O2. The fraction of sp³-hybridized carbons (Fsp3) is 0.0476. The molecule has 2 aromatic heterocycles. The highest BCUT2D eigenvalue weighted by molar-refractivity contribution is 6.33. The summed E-state index contributed by atoms with van der Waals surface area (Å²) in [5.74, 6) is 2.43. The molecule has 0 unspecified atom stereocenters. The van der Waals surface area contributed by atoms with Gasteiger partial charge in [0.1, 0.15) is 23.7 Å². The predicted molar refractivity (Wildman–Crippen MR) is 115 cm³/mol. The maximum absolute atomic E-state index is 12.2. The maximum Gasteiger partial charge on any atom is 0.323 e. The summed E-state index contributed by atoms with van der Waals surface area (Å²) in [5.41, 5.74) is 1.13. The van der Waals surface area contributed by atoms with Crippen LogP contribution in [0.2, 0.25) is 5.02 Å². The van der Waals surface area contributed by atoms with Gasteiger partial charge in [0.15, 0.2) is 0 Å². The van der Waals surface area contributed by atoms with Crippen molar-refractivity contribution in [2.24, 2.45) is 0 Å². The van der Waals surface area contributed by atoms with Crippen LogP contribution in [0.1, 0.15) is 5.82 Å². The Morgan fingerprint density at radius 2 is 1.83 bits per heavy atom. The molecule has 2 heterocycles. The Labute approximate surface area is 177 Å². The number of para-hydroxylation sites is 1. The molecule has 30 heavy (non-hydrogen) atoms. The van der Waals surface area contributed by atoms with Gasteiger partial charge in [0.05, 0.1) is 10.7 Å². The molecule has 9 heteroatoms. The van der Waals surface area contributed by atoms with E-state index in [4.69, 9.17) is 16.3 Å². The minimum absolute atomic E-state index is 0.394. The summed E-state index contributed by atoms with van der Waals surface area (Å²) in [6, 6.07) is 15.3. The first kappa shape index (κ1) is 19.4. The Balaban J connectivity index is 1.40. The second kappa shape index (κ2) is 8.62. The van der Waals surface area contributed by atoms with Gasteiger partial charge in [-0.1, -0.05) is 23.7 Å². The molecule has 4 aromatic rings. The van der Waals surface area contributed by atoms with Gasteiger partial charge in [0.2, 0.25) is 5.88 Å². The number of anilines is 2. The quantitative estimate of drug-likeness (QED) is 0.470. The molecule has 150 valence electrons. The molecule has 0 saturated heterocycles. The first-order valence-corrected chi connectivity index (χ1v) is 9.39. The van der Waals surface area contributed by atoms with Crippen LogP contribution in [-0.2, 0) is 0 Å². The van der Waals surface area contributed by atoms with Crippen LogP contribution in [0.5, 0.6) is 11.6 Å². The molecule has 0 atom stereocenters. The van der Waals surface area contributed by atoms with Crippen molar-refractivity contribution in [1.29, 1.82) is 0 Å². The van der Waals surface area contributed by atoms with Crippen LogP contribution in [-0.4, -0.2) is 25.6 Å². The number of carbonyl (C=O) groups is 1. The smallest absolute Gasteiger partial charge is 0.323 e. The van der Waals surface area contributed by atoms with E-state index in [9.17, 15) is 4.79 Å². The van der Waals surface area contributed by atoms with Crippen LogP contribution >= 0.6 is 11.6 Å². The number of imidazole rings is 1. The zero-order valence-electron chi connectivity index (χ0n) is 15.9. The third kappa shape index (κ3) is 4.56. The summed E-state index contributed by atoms with van der Waals surface area (Å²) >= 11 is 6.05. The van der Waals surface area contributed by atoms with Crippen molar-refractivity contribution >= 4 is 29.0 Å². The number of halogens is 1. The van der Waals surface area contributed by atoms with Gasteiger partial charge in [-0.15, -0.1) is 0 Å². The van der Waals surface area contributed by atoms with Gasteiger partial charge in [-0.2, -0.15) is 0 Å². The average molecular weight is 421 g/mol. The van der Waals surface area contributed by atoms with Gasteiger partial charge < -0.3 is 15.4 Å². The van der Waals surface area contributed by atoms with Crippen molar-refractivity contribution in [3.05, 3.63) is 84.2 Å². The van der Waals surface area contributed by atoms with Crippen molar-refractivity contribution < 1.29 is 9.53 Å². The molecule has 0 aliphatic carbocycles. The standard InChI is InChI=1S/C21H17ClN6O2/c1-14-23-10-11-28(14)19-12-20(25-13-24-19)30-16-8-6-15(7-9-16)26-21(29)27-18-5-3-2-4-17(18)22/h2-13H,1H3,(H2,26,27,29). The lowest BCUT2D eigenvalue weighted by atomic mass is 10.3. The Morgan fingerprint density at radius 3 is 2.57 bits per heavy atom. The van der Waals surface area contributed by atoms with Gasteiger partial charge in [-0.05, 0) is 43.3 Å². The topological polar surface area (TPSA) is 94.0 Å². The minimum atomic E-state index is -0.395. The van der Waals surface area contributed by atoms with E-state index in [0.29, 0.717) is 33.8 Å². The van der Waals surface area contributed by atoms with Crippen molar-refractivity contribution in [1.82, 2.24) is 19.5 Å². The zero-order chi connectivity index (χ0) is 20.9. The molecule has 0 aliphatic heterocycles. The summed E-state index contributed by atoms with van der Waals surface area (Å²) in [5, 5.41) is 5.91. The lowest BCUT2D eigenvalue weighted by Gasteiger charge is -2.10. The number of amides is 2. The van der Waals surface area contributed by atoms with E-state index in [1.807, 2.05) is 17.7 Å². The Hall–Kier alpha value is -3.91. The number of benzene rings is 2. The van der Waals surface area contributed by atoms with Gasteiger partial charge >= 0.3 is 6.03 Å². The lowest BCUT2D eigenvalue weighted by Crippen LogP contribution is -2.19. The van der Waals surface area contributed by atoms with Crippen LogP contribution < -0.4 is 15.4 Å². The lowest BCUT2D eigenvalue weighted by molar-refractivity contribution is 0.262. The van der Waals surface area contributed by atoms with E-state index in [1.54, 1.807) is 60.8 Å². The number of urea groups is 1. The predicted octanol–water partition coefficient (Wildman–Crippen LogP) is 5.06. The average Bonchev–Trinajstić information content (AvgIpc) is 3.17. The van der Waals surface area contributed by atoms with Crippen LogP contribution in [0.15, 0.2) is 73.3 Å². The fourth-order valence-corrected chi connectivity index (χ4v) is 2.89. The van der Waals surface area contributed by atoms with E-state index in [2.05, 4.69) is 25.6 Å². The summed E-state index contributed by atoms with van der Waals surface area (Å²) in [6.45, 7) is 1.89. The van der Waals surface area contributed by atoms with Gasteiger partial charge in [0.25, 0.3) is 0 Å². The van der Waals surface area contributed by atoms with Crippen molar-refractivity contribution in [2.75, 3.05) is 10.6 Å². The maximum atomic E-state index is 12.2. The van der Waals surface area contributed by atoms with Gasteiger partial charge in [0, 0.05) is 24.1 Å². The number of ether oxygens (including phenoxy) is 1. The molecule has 2 N–H and O–H groups in total. The molecular weight excluding hydrogens is 404 g/mol. The minimum Gasteiger partial charge on any atom is -0.439 e. The van der Waals surface area contributed by atoms with Crippen LogP contribution in [0, 0.1) is 6.92 Å². The second-order valence-electron chi connectivity index (χ2n) is 6.24. The highest BCUT2D eigenvalue weighted by Gasteiger charge is 2.08. The van der Waals surface area contributed by atoms with Crippen molar-refractivity contribution in [2.45, 2.75) is 6.92 Å². The molecule has 0 aliphatic rings. The number of rotatable bonds is 5. The van der Waals surface area contributed by atoms with Crippen LogP contribution in [0.3, 0.4) is 0 Å². The van der Waals surface area contributed by atoms with E-state index >= 15 is 0 Å². The number of aryl methyl sites for hydroxylation is 1. The molecule has 0 bridgehead atoms. The van der Waals surface area contributed by atoms with Crippen molar-refractivity contribution in [3.63, 3.8) is 0 Å². The fourth-order valence-electron chi connectivity index (χ4n) is 2.71. The molecule has 0 saturated carbocycles. The summed E-state index contributed by atoms with van der Waals surface area (Å²) < 4.78 is 7.63. The molecule has 4 rings (SSSR count). The normalized spacial score (nSPS) is 10.5. The Kier molecular flexibility index (Phi) is 5.58. The number of hydrogen-bond donors (Lipinski definition) is 2. The zero-order valence-corrected chi connectivity index (χ0v) is 16.7. The van der Waals surface area contributed by atoms with E-state index in [0.717, 1.165) is 5.82 Å². The Morgan fingerprint density at radius 1 is 1.03 bits per heavy atom. The SMILES string of the molecule is Cc1nccn1-c1cc(Oc2ccc(NC(=O)Nc3ccccc3Cl)cc2)ncn1. The summed E-state index contributed by atoms with van der Waals surface area (Å²) in [7, 11) is 0. The summed E-state index contributed by atoms with van der Waals surface area (Å²) in [6.07, 6.45) is 4.94. The number of hydrogen-bond acceptors (Lipinski definition) is 5. The highest BCUT2D eigenvalue weighted by atomic mass is 35.5. The highest BCUT2D eigenvalue weighted by Crippen LogP contribution is 2.24. The molecule has 2 amide bonds. The largest absolute Gasteiger partial charge is 0.439 e.